The van der Waals surface area contributed by atoms with E-state index in [0.717, 1.165) is 6.42 Å². The van der Waals surface area contributed by atoms with Gasteiger partial charge in [-0.25, -0.2) is 4.79 Å². The molecule has 3 atom stereocenters. The molecule has 0 radical (unpaired) electrons. The number of carbonyl (C=O) groups is 4. The van der Waals surface area contributed by atoms with E-state index in [-0.39, 0.29) is 23.7 Å². The summed E-state index contributed by atoms with van der Waals surface area (Å²) in [6.45, 7) is 11.6. The highest BCUT2D eigenvalue weighted by Crippen LogP contribution is 2.22. The number of amides is 4. The maximum absolute atomic E-state index is 12.9. The molecule has 0 aromatic rings. The molecule has 9 nitrogen and oxygen atoms in total. The number of nitrogens with two attached hydrogens (primary N) is 1. The van der Waals surface area contributed by atoms with E-state index in [9.17, 15) is 19.2 Å². The van der Waals surface area contributed by atoms with Crippen molar-refractivity contribution in [2.24, 2.45) is 17.1 Å². The molecule has 5 N–H and O–H groups in total. The molecule has 0 aromatic carbocycles. The Morgan fingerprint density at radius 1 is 1.14 bits per heavy atom. The van der Waals surface area contributed by atoms with Crippen LogP contribution in [0.2, 0.25) is 0 Å². The molecule has 0 saturated carbocycles. The fourth-order valence-electron chi connectivity index (χ4n) is 3.13. The van der Waals surface area contributed by atoms with Crippen molar-refractivity contribution < 1.29 is 23.9 Å². The van der Waals surface area contributed by atoms with Crippen LogP contribution in [0.1, 0.15) is 67.2 Å². The van der Waals surface area contributed by atoms with E-state index in [2.05, 4.69) is 16.0 Å². The maximum atomic E-state index is 12.9. The van der Waals surface area contributed by atoms with Gasteiger partial charge in [0.1, 0.15) is 17.7 Å². The number of primary amides is 1. The standard InChI is InChI=1S/C20H36N4O5/c1-19(2,3)11-14(24-18(28)29-20(4,5)6)17(27)23-13(15(21)25)10-12-8-7-9-22-16(12)26/h12-14H,7-11H2,1-6H3,(H2,21,25)(H,22,26)(H,23,27)(H,24,28)/t12-,13-,14-/m0/s1. The summed E-state index contributed by atoms with van der Waals surface area (Å²) < 4.78 is 5.25. The number of carbonyl (C=O) groups excluding carboxylic acids is 4. The van der Waals surface area contributed by atoms with Crippen LogP contribution >= 0.6 is 0 Å². The Kier molecular flexibility index (Phi) is 8.47. The van der Waals surface area contributed by atoms with Gasteiger partial charge in [0.15, 0.2) is 0 Å². The Balaban J connectivity index is 2.87. The molecule has 4 amide bonds. The number of ether oxygens (including phenoxy) is 1. The summed E-state index contributed by atoms with van der Waals surface area (Å²) in [6.07, 6.45) is 1.18. The molecule has 0 unspecified atom stereocenters. The molecule has 1 aliphatic heterocycles. The van der Waals surface area contributed by atoms with Crippen LogP contribution in [0.3, 0.4) is 0 Å². The Morgan fingerprint density at radius 2 is 1.76 bits per heavy atom. The summed E-state index contributed by atoms with van der Waals surface area (Å²) in [5, 5.41) is 7.95. The molecule has 0 bridgehead atoms. The van der Waals surface area contributed by atoms with Crippen LogP contribution < -0.4 is 21.7 Å². The quantitative estimate of drug-likeness (QED) is 0.497. The number of hydrogen-bond donors (Lipinski definition) is 4. The van der Waals surface area contributed by atoms with Gasteiger partial charge in [-0.15, -0.1) is 0 Å². The van der Waals surface area contributed by atoms with Gasteiger partial charge < -0.3 is 26.4 Å². The lowest BCUT2D eigenvalue weighted by Gasteiger charge is -2.30. The van der Waals surface area contributed by atoms with Crippen LogP contribution in [0.15, 0.2) is 0 Å². The van der Waals surface area contributed by atoms with Crippen molar-refractivity contribution >= 4 is 23.8 Å². The normalized spacial score (nSPS) is 19.5. The van der Waals surface area contributed by atoms with E-state index >= 15 is 0 Å². The largest absolute Gasteiger partial charge is 0.444 e. The van der Waals surface area contributed by atoms with Crippen LogP contribution in [0.4, 0.5) is 4.79 Å². The smallest absolute Gasteiger partial charge is 0.408 e. The lowest BCUT2D eigenvalue weighted by Crippen LogP contribution is -2.55. The minimum Gasteiger partial charge on any atom is -0.444 e. The van der Waals surface area contributed by atoms with E-state index in [1.165, 1.54) is 0 Å². The fraction of sp³-hybridized carbons (Fsp3) is 0.800. The Hall–Kier alpha value is -2.32. The van der Waals surface area contributed by atoms with E-state index in [1.807, 2.05) is 20.8 Å². The molecule has 0 spiro atoms. The minimum absolute atomic E-state index is 0.127. The zero-order valence-corrected chi connectivity index (χ0v) is 18.4. The van der Waals surface area contributed by atoms with E-state index in [1.54, 1.807) is 20.8 Å². The van der Waals surface area contributed by atoms with Gasteiger partial charge in [-0.3, -0.25) is 14.4 Å². The van der Waals surface area contributed by atoms with Gasteiger partial charge in [-0.2, -0.15) is 0 Å². The average Bonchev–Trinajstić information content (AvgIpc) is 2.52. The van der Waals surface area contributed by atoms with Crippen LogP contribution in [0.5, 0.6) is 0 Å². The van der Waals surface area contributed by atoms with Crippen molar-refractivity contribution in [3.05, 3.63) is 0 Å². The van der Waals surface area contributed by atoms with Crippen molar-refractivity contribution in [1.29, 1.82) is 0 Å². The molecule has 1 heterocycles. The molecule has 1 aliphatic rings. The third-order valence-electron chi connectivity index (χ3n) is 4.40. The van der Waals surface area contributed by atoms with E-state index < -0.39 is 35.6 Å². The van der Waals surface area contributed by atoms with Crippen molar-refractivity contribution in [3.8, 4) is 0 Å². The average molecular weight is 413 g/mol. The first-order chi connectivity index (χ1) is 13.2. The number of nitrogens with one attached hydrogen (secondary N) is 3. The summed E-state index contributed by atoms with van der Waals surface area (Å²) >= 11 is 0. The number of alkyl carbamates (subject to hydrolysis) is 1. The van der Waals surface area contributed by atoms with Crippen LogP contribution in [-0.2, 0) is 19.1 Å². The first-order valence-electron chi connectivity index (χ1n) is 10.0. The van der Waals surface area contributed by atoms with Crippen molar-refractivity contribution in [2.75, 3.05) is 6.54 Å². The zero-order chi connectivity index (χ0) is 22.4. The second-order valence-corrected chi connectivity index (χ2v) is 9.79. The first kappa shape index (κ1) is 24.7. The van der Waals surface area contributed by atoms with Gasteiger partial charge >= 0.3 is 6.09 Å². The number of hydrogen-bond acceptors (Lipinski definition) is 5. The number of rotatable bonds is 7. The minimum atomic E-state index is -1.00. The molecule has 0 aromatic heterocycles. The fourth-order valence-corrected chi connectivity index (χ4v) is 3.13. The van der Waals surface area contributed by atoms with E-state index in [0.29, 0.717) is 19.4 Å². The molecule has 166 valence electrons. The topological polar surface area (TPSA) is 140 Å². The summed E-state index contributed by atoms with van der Waals surface area (Å²) in [5.41, 5.74) is 4.48. The van der Waals surface area contributed by atoms with Gasteiger partial charge in [-0.05, 0) is 51.9 Å². The molecular formula is C20H36N4O5. The molecular weight excluding hydrogens is 376 g/mol. The maximum Gasteiger partial charge on any atom is 0.408 e. The summed E-state index contributed by atoms with van der Waals surface area (Å²) in [5.74, 6) is -1.79. The van der Waals surface area contributed by atoms with Gasteiger partial charge in [0.2, 0.25) is 17.7 Å². The van der Waals surface area contributed by atoms with Crippen molar-refractivity contribution in [2.45, 2.75) is 84.9 Å². The SMILES string of the molecule is CC(C)(C)C[C@H](NC(=O)OC(C)(C)C)C(=O)N[C@@H](C[C@@H]1CCCNC1=O)C(N)=O. The summed E-state index contributed by atoms with van der Waals surface area (Å²) in [7, 11) is 0. The zero-order valence-electron chi connectivity index (χ0n) is 18.4. The van der Waals surface area contributed by atoms with Gasteiger partial charge in [0.05, 0.1) is 0 Å². The highest BCUT2D eigenvalue weighted by molar-refractivity contribution is 5.91. The predicted molar refractivity (Wildman–Crippen MR) is 109 cm³/mol. The van der Waals surface area contributed by atoms with Crippen LogP contribution in [0, 0.1) is 11.3 Å². The van der Waals surface area contributed by atoms with Gasteiger partial charge in [-0.1, -0.05) is 20.8 Å². The first-order valence-corrected chi connectivity index (χ1v) is 10.0. The lowest BCUT2D eigenvalue weighted by molar-refractivity contribution is -0.131. The lowest BCUT2D eigenvalue weighted by atomic mass is 9.87. The van der Waals surface area contributed by atoms with Gasteiger partial charge in [0, 0.05) is 12.5 Å². The monoisotopic (exact) mass is 412 g/mol. The van der Waals surface area contributed by atoms with Crippen LogP contribution in [-0.4, -0.2) is 48.0 Å². The Morgan fingerprint density at radius 3 is 2.24 bits per heavy atom. The number of piperidine rings is 1. The molecule has 1 fully saturated rings. The molecule has 29 heavy (non-hydrogen) atoms. The highest BCUT2D eigenvalue weighted by Gasteiger charge is 2.33. The van der Waals surface area contributed by atoms with Crippen LogP contribution in [0.25, 0.3) is 0 Å². The summed E-state index contributed by atoms with van der Waals surface area (Å²) in [4.78, 5) is 48.9. The highest BCUT2D eigenvalue weighted by atomic mass is 16.6. The Labute approximate surface area is 172 Å². The van der Waals surface area contributed by atoms with Crippen molar-refractivity contribution in [1.82, 2.24) is 16.0 Å². The molecule has 9 heteroatoms. The Bertz CT molecular complexity index is 621. The third kappa shape index (κ3) is 9.62. The van der Waals surface area contributed by atoms with Crippen molar-refractivity contribution in [3.63, 3.8) is 0 Å². The van der Waals surface area contributed by atoms with Gasteiger partial charge in [0.25, 0.3) is 0 Å². The second-order valence-electron chi connectivity index (χ2n) is 9.79. The predicted octanol–water partition coefficient (Wildman–Crippen LogP) is 1.20. The summed E-state index contributed by atoms with van der Waals surface area (Å²) in [6, 6.07) is -1.91. The molecule has 0 aliphatic carbocycles. The molecule has 1 rings (SSSR count). The second kappa shape index (κ2) is 9.93. The van der Waals surface area contributed by atoms with E-state index in [4.69, 9.17) is 10.5 Å². The third-order valence-corrected chi connectivity index (χ3v) is 4.40. The molecule has 1 saturated heterocycles.